The maximum absolute atomic E-state index is 12.2. The third-order valence-corrected chi connectivity index (χ3v) is 9.73. The van der Waals surface area contributed by atoms with Gasteiger partial charge in [0, 0.05) is 5.92 Å². The Morgan fingerprint density at radius 3 is 2.32 bits per heavy atom. The monoisotopic (exact) mass is 496 g/mol. The molecule has 0 radical (unpaired) electrons. The van der Waals surface area contributed by atoms with Crippen molar-refractivity contribution >= 4 is 0 Å². The molecule has 6 rings (SSSR count). The second-order valence-electron chi connectivity index (χ2n) is 12.1. The van der Waals surface area contributed by atoms with Gasteiger partial charge in [0.15, 0.2) is 0 Å². The zero-order valence-electron chi connectivity index (χ0n) is 22.2. The molecule has 0 spiro atoms. The molecule has 0 unspecified atom stereocenters. The number of aryl methyl sites for hydroxylation is 1. The van der Waals surface area contributed by atoms with Gasteiger partial charge in [-0.05, 0) is 90.2 Å². The first kappa shape index (κ1) is 24.7. The van der Waals surface area contributed by atoms with Gasteiger partial charge < -0.3 is 14.6 Å². The van der Waals surface area contributed by atoms with Crippen LogP contribution in [-0.4, -0.2) is 16.8 Å². The molecular formula is C34H40O3. The first-order chi connectivity index (χ1) is 18.0. The highest BCUT2D eigenvalue weighted by Gasteiger charge is 2.61. The van der Waals surface area contributed by atoms with Crippen molar-refractivity contribution in [3.8, 4) is 5.75 Å². The van der Waals surface area contributed by atoms with Crippen molar-refractivity contribution in [1.29, 1.82) is 0 Å². The van der Waals surface area contributed by atoms with Crippen LogP contribution in [0.25, 0.3) is 0 Å². The van der Waals surface area contributed by atoms with Crippen LogP contribution in [0.1, 0.15) is 74.1 Å². The smallest absolute Gasteiger partial charge is 0.120 e. The highest BCUT2D eigenvalue weighted by atomic mass is 16.5. The first-order valence-electron chi connectivity index (χ1n) is 14.1. The van der Waals surface area contributed by atoms with Gasteiger partial charge in [-0.1, -0.05) is 80.6 Å². The minimum Gasteiger partial charge on any atom is -0.489 e. The molecule has 3 nitrogen and oxygen atoms in total. The third kappa shape index (κ3) is 4.73. The maximum Gasteiger partial charge on any atom is 0.120 e. The maximum atomic E-state index is 12.2. The van der Waals surface area contributed by atoms with Gasteiger partial charge in [0.05, 0.1) is 18.3 Å². The summed E-state index contributed by atoms with van der Waals surface area (Å²) in [6.45, 7) is 5.85. The van der Waals surface area contributed by atoms with Crippen LogP contribution in [0.2, 0.25) is 0 Å². The Hall–Kier alpha value is -2.62. The lowest BCUT2D eigenvalue weighted by atomic mass is 9.50. The molecule has 3 aromatic carbocycles. The van der Waals surface area contributed by atoms with Crippen LogP contribution in [0.5, 0.6) is 5.75 Å². The molecule has 1 N–H and O–H groups in total. The van der Waals surface area contributed by atoms with E-state index in [0.29, 0.717) is 25.0 Å². The Labute approximate surface area is 221 Å². The largest absolute Gasteiger partial charge is 0.489 e. The van der Waals surface area contributed by atoms with Crippen LogP contribution >= 0.6 is 0 Å². The van der Waals surface area contributed by atoms with Crippen molar-refractivity contribution in [2.75, 3.05) is 0 Å². The average molecular weight is 497 g/mol. The van der Waals surface area contributed by atoms with E-state index in [1.54, 1.807) is 0 Å². The molecule has 194 valence electrons. The molecule has 0 aromatic heterocycles. The van der Waals surface area contributed by atoms with Gasteiger partial charge in [-0.25, -0.2) is 0 Å². The fourth-order valence-corrected chi connectivity index (χ4v) is 8.06. The summed E-state index contributed by atoms with van der Waals surface area (Å²) in [6, 6.07) is 27.4. The van der Waals surface area contributed by atoms with Gasteiger partial charge in [-0.2, -0.15) is 0 Å². The van der Waals surface area contributed by atoms with Gasteiger partial charge in [0.25, 0.3) is 0 Å². The molecule has 0 saturated heterocycles. The Bertz CT molecular complexity index is 1210. The van der Waals surface area contributed by atoms with E-state index in [1.165, 1.54) is 22.3 Å². The zero-order chi connectivity index (χ0) is 25.5. The third-order valence-electron chi connectivity index (χ3n) is 9.73. The van der Waals surface area contributed by atoms with E-state index in [0.717, 1.165) is 44.3 Å². The summed E-state index contributed by atoms with van der Waals surface area (Å²) < 4.78 is 12.6. The van der Waals surface area contributed by atoms with E-state index in [2.05, 4.69) is 86.6 Å². The number of aliphatic hydroxyl groups is 1. The number of hydrogen-bond donors (Lipinski definition) is 1. The van der Waals surface area contributed by atoms with Crippen LogP contribution in [-0.2, 0) is 24.4 Å². The summed E-state index contributed by atoms with van der Waals surface area (Å²) in [6.07, 6.45) is 6.27. The molecule has 0 aliphatic heterocycles. The molecule has 2 saturated carbocycles. The quantitative estimate of drug-likeness (QED) is 0.369. The highest BCUT2D eigenvalue weighted by molar-refractivity contribution is 5.42. The summed E-state index contributed by atoms with van der Waals surface area (Å²) >= 11 is 0. The summed E-state index contributed by atoms with van der Waals surface area (Å²) in [5.41, 5.74) is 4.58. The van der Waals surface area contributed by atoms with E-state index >= 15 is 0 Å². The van der Waals surface area contributed by atoms with Gasteiger partial charge >= 0.3 is 0 Å². The normalized spacial score (nSPS) is 32.3. The van der Waals surface area contributed by atoms with Crippen LogP contribution in [0.3, 0.4) is 0 Å². The van der Waals surface area contributed by atoms with Gasteiger partial charge in [0.1, 0.15) is 12.4 Å². The second-order valence-corrected chi connectivity index (χ2v) is 12.1. The molecule has 6 atom stereocenters. The fourth-order valence-electron chi connectivity index (χ4n) is 8.06. The lowest BCUT2D eigenvalue weighted by Gasteiger charge is -2.56. The van der Waals surface area contributed by atoms with Gasteiger partial charge in [0.2, 0.25) is 0 Å². The highest BCUT2D eigenvalue weighted by Crippen LogP contribution is 2.65. The molecule has 3 aromatic rings. The summed E-state index contributed by atoms with van der Waals surface area (Å²) in [7, 11) is 0. The Morgan fingerprint density at radius 1 is 0.919 bits per heavy atom. The van der Waals surface area contributed by atoms with E-state index in [-0.39, 0.29) is 17.4 Å². The fraction of sp³-hybridized carbons (Fsp3) is 0.471. The molecule has 3 aliphatic rings. The SMILES string of the molecule is CC[C@]1(O)C[C@]2(C)C[C@H](OCc3ccccc3)C[C@H]2[C@@H]2CCc3cc(OCc4ccccc4)ccc3[C@H]21. The first-order valence-corrected chi connectivity index (χ1v) is 14.1. The van der Waals surface area contributed by atoms with Crippen LogP contribution in [0.4, 0.5) is 0 Å². The number of fused-ring (bicyclic) bond motifs is 5. The topological polar surface area (TPSA) is 38.7 Å². The molecular weight excluding hydrogens is 456 g/mol. The van der Waals surface area contributed by atoms with Crippen LogP contribution < -0.4 is 4.74 Å². The number of rotatable bonds is 7. The lowest BCUT2D eigenvalue weighted by Crippen LogP contribution is -2.54. The van der Waals surface area contributed by atoms with Gasteiger partial charge in [-0.3, -0.25) is 0 Å². The second kappa shape index (κ2) is 9.93. The number of hydrogen-bond acceptors (Lipinski definition) is 3. The molecule has 37 heavy (non-hydrogen) atoms. The van der Waals surface area contributed by atoms with Crippen LogP contribution in [0.15, 0.2) is 78.9 Å². The van der Waals surface area contributed by atoms with E-state index in [1.807, 2.05) is 6.07 Å². The minimum absolute atomic E-state index is 0.128. The van der Waals surface area contributed by atoms with Crippen molar-refractivity contribution in [2.24, 2.45) is 17.3 Å². The summed E-state index contributed by atoms with van der Waals surface area (Å²) in [5, 5.41) is 12.2. The van der Waals surface area contributed by atoms with E-state index < -0.39 is 5.60 Å². The van der Waals surface area contributed by atoms with Crippen molar-refractivity contribution in [3.05, 3.63) is 101 Å². The molecule has 0 amide bonds. The van der Waals surface area contributed by atoms with Crippen molar-refractivity contribution < 1.29 is 14.6 Å². The predicted molar refractivity (Wildman–Crippen MR) is 147 cm³/mol. The van der Waals surface area contributed by atoms with E-state index in [9.17, 15) is 5.11 Å². The number of ether oxygens (including phenoxy) is 2. The zero-order valence-corrected chi connectivity index (χ0v) is 22.2. The Morgan fingerprint density at radius 2 is 1.62 bits per heavy atom. The summed E-state index contributed by atoms with van der Waals surface area (Å²) in [4.78, 5) is 0. The van der Waals surface area contributed by atoms with E-state index in [4.69, 9.17) is 9.47 Å². The van der Waals surface area contributed by atoms with Crippen molar-refractivity contribution in [2.45, 2.75) is 83.2 Å². The van der Waals surface area contributed by atoms with Gasteiger partial charge in [-0.15, -0.1) is 0 Å². The molecule has 3 aliphatic carbocycles. The molecule has 3 heteroatoms. The molecule has 0 bridgehead atoms. The average Bonchev–Trinajstić information content (AvgIpc) is 3.27. The van der Waals surface area contributed by atoms with Crippen molar-refractivity contribution in [3.63, 3.8) is 0 Å². The minimum atomic E-state index is -0.675. The predicted octanol–water partition coefficient (Wildman–Crippen LogP) is 7.46. The Kier molecular flexibility index (Phi) is 6.63. The molecule has 2 fully saturated rings. The Balaban J connectivity index is 1.22. The standard InChI is InChI=1S/C34H40O3/c1-3-34(35)23-33(2)20-28(37-22-25-12-8-5-9-13-25)19-31(33)30-16-14-26-18-27(15-17-29(26)32(30)34)36-21-24-10-6-4-7-11-24/h4-13,15,17-18,28,30-32,35H,3,14,16,19-23H2,1-2H3/t28-,30+,31+,32-,33+,34+/m1/s1. The van der Waals surface area contributed by atoms with Crippen LogP contribution in [0, 0.1) is 17.3 Å². The van der Waals surface area contributed by atoms with Crippen molar-refractivity contribution in [1.82, 2.24) is 0 Å². The number of benzene rings is 3. The summed E-state index contributed by atoms with van der Waals surface area (Å²) in [5.74, 6) is 2.21. The lowest BCUT2D eigenvalue weighted by molar-refractivity contribution is -0.116. The molecule has 0 heterocycles.